The van der Waals surface area contributed by atoms with Crippen LogP contribution in [0.25, 0.3) is 5.57 Å². The Labute approximate surface area is 130 Å². The molecule has 0 saturated heterocycles. The molecule has 0 fully saturated rings. The van der Waals surface area contributed by atoms with Crippen molar-refractivity contribution in [1.82, 2.24) is 0 Å². The van der Waals surface area contributed by atoms with E-state index in [0.29, 0.717) is 0 Å². The lowest BCUT2D eigenvalue weighted by atomic mass is 9.89. The van der Waals surface area contributed by atoms with E-state index in [4.69, 9.17) is 0 Å². The second-order valence-electron chi connectivity index (χ2n) is 8.17. The number of hydrogen-bond acceptors (Lipinski definition) is 2. The van der Waals surface area contributed by atoms with Crippen LogP contribution in [0.15, 0.2) is 24.3 Å². The molecule has 0 saturated carbocycles. The molecule has 3 heteroatoms. The van der Waals surface area contributed by atoms with Gasteiger partial charge < -0.3 is 10.1 Å². The maximum Gasteiger partial charge on any atom is 0.188 e. The number of nitrogens with one attached hydrogen (secondary N) is 1. The lowest BCUT2D eigenvalue weighted by molar-refractivity contribution is 0.467. The van der Waals surface area contributed by atoms with E-state index in [9.17, 15) is 4.80 Å². The minimum absolute atomic E-state index is 0.00375. The Balaban J connectivity index is 2.34. The highest BCUT2D eigenvalue weighted by atomic mass is 28.4. The van der Waals surface area contributed by atoms with Crippen LogP contribution in [-0.4, -0.2) is 18.7 Å². The van der Waals surface area contributed by atoms with Crippen LogP contribution in [0.4, 0.5) is 5.69 Å². The molecule has 0 spiro atoms. The molecule has 1 aliphatic rings. The normalized spacial score (nSPS) is 17.8. The summed E-state index contributed by atoms with van der Waals surface area (Å²) >= 11 is 0. The molecule has 0 bridgehead atoms. The summed E-state index contributed by atoms with van der Waals surface area (Å²) in [6.45, 7) is 15.0. The maximum absolute atomic E-state index is 10.5. The highest BCUT2D eigenvalue weighted by Gasteiger charge is 2.38. The van der Waals surface area contributed by atoms with Crippen molar-refractivity contribution in [2.24, 2.45) is 0 Å². The van der Waals surface area contributed by atoms with Crippen molar-refractivity contribution in [2.45, 2.75) is 64.7 Å². The number of benzene rings is 1. The molecular formula is C18H29NOSi. The summed E-state index contributed by atoms with van der Waals surface area (Å²) in [6.07, 6.45) is 3.20. The van der Waals surface area contributed by atoms with Crippen LogP contribution >= 0.6 is 0 Å². The van der Waals surface area contributed by atoms with Crippen LogP contribution in [0.5, 0.6) is 0 Å². The van der Waals surface area contributed by atoms with Crippen molar-refractivity contribution < 1.29 is 4.80 Å². The Kier molecular flexibility index (Phi) is 3.88. The Hall–Kier alpha value is -1.06. The molecule has 2 nitrogen and oxygen atoms in total. The third-order valence-corrected chi connectivity index (χ3v) is 8.33. The summed E-state index contributed by atoms with van der Waals surface area (Å²) in [6, 6.07) is 6.67. The average Bonchev–Trinajstić information content (AvgIpc) is 2.24. The third kappa shape index (κ3) is 3.41. The molecule has 0 aromatic heterocycles. The molecule has 0 amide bonds. The topological polar surface area (TPSA) is 32.3 Å². The molecule has 1 heterocycles. The lowest BCUT2D eigenvalue weighted by Gasteiger charge is -2.36. The largest absolute Gasteiger partial charge is 0.432 e. The van der Waals surface area contributed by atoms with Gasteiger partial charge in [-0.1, -0.05) is 32.1 Å². The standard InChI is InChI=1S/C18H29NOSi/c1-13-11-17(2,3)19-16-10-14(8-9-15(13)16)12-18(4,5)21(6,7)20/h8-11,19-20H,12H2,1-7H3. The predicted octanol–water partition coefficient (Wildman–Crippen LogP) is 4.81. The Morgan fingerprint density at radius 1 is 1.24 bits per heavy atom. The van der Waals surface area contributed by atoms with Crippen molar-refractivity contribution in [3.63, 3.8) is 0 Å². The van der Waals surface area contributed by atoms with Crippen LogP contribution < -0.4 is 5.32 Å². The highest BCUT2D eigenvalue weighted by molar-refractivity contribution is 6.72. The predicted molar refractivity (Wildman–Crippen MR) is 95.2 cm³/mol. The first kappa shape index (κ1) is 16.3. The van der Waals surface area contributed by atoms with Gasteiger partial charge in [-0.3, -0.25) is 0 Å². The van der Waals surface area contributed by atoms with E-state index in [0.717, 1.165) is 6.42 Å². The molecule has 116 valence electrons. The molecule has 21 heavy (non-hydrogen) atoms. The number of rotatable bonds is 3. The van der Waals surface area contributed by atoms with E-state index < -0.39 is 8.32 Å². The van der Waals surface area contributed by atoms with Crippen LogP contribution in [0.1, 0.15) is 45.7 Å². The fourth-order valence-electron chi connectivity index (χ4n) is 2.88. The fraction of sp³-hybridized carbons (Fsp3) is 0.556. The van der Waals surface area contributed by atoms with Gasteiger partial charge in [0.2, 0.25) is 0 Å². The molecular weight excluding hydrogens is 274 g/mol. The minimum Gasteiger partial charge on any atom is -0.432 e. The first-order valence-corrected chi connectivity index (χ1v) is 10.7. The minimum atomic E-state index is -2.18. The second-order valence-corrected chi connectivity index (χ2v) is 12.6. The Morgan fingerprint density at radius 2 is 1.86 bits per heavy atom. The SMILES string of the molecule is CC1=CC(C)(C)Nc2cc(CC(C)(C)[Si](C)(C)O)ccc21. The zero-order valence-corrected chi connectivity index (χ0v) is 15.5. The summed E-state index contributed by atoms with van der Waals surface area (Å²) in [5.41, 5.74) is 5.13. The third-order valence-electron chi connectivity index (χ3n) is 4.85. The summed E-state index contributed by atoms with van der Waals surface area (Å²) in [5.74, 6) is 0. The number of fused-ring (bicyclic) bond motifs is 1. The van der Waals surface area contributed by atoms with Crippen LogP contribution in [0.3, 0.4) is 0 Å². The van der Waals surface area contributed by atoms with Gasteiger partial charge in [0.05, 0.1) is 5.54 Å². The van der Waals surface area contributed by atoms with Crippen molar-refractivity contribution in [2.75, 3.05) is 5.32 Å². The lowest BCUT2D eigenvalue weighted by Crippen LogP contribution is -2.40. The van der Waals surface area contributed by atoms with Crippen LogP contribution in [0.2, 0.25) is 18.1 Å². The fourth-order valence-corrected chi connectivity index (χ4v) is 3.51. The molecule has 0 aliphatic carbocycles. The first-order chi connectivity index (χ1) is 9.41. The molecule has 2 rings (SSSR count). The van der Waals surface area contributed by atoms with E-state index in [1.165, 1.54) is 22.4 Å². The number of anilines is 1. The van der Waals surface area contributed by atoms with Gasteiger partial charge in [0.15, 0.2) is 8.32 Å². The quantitative estimate of drug-likeness (QED) is 0.785. The van der Waals surface area contributed by atoms with Crippen LogP contribution in [-0.2, 0) is 6.42 Å². The van der Waals surface area contributed by atoms with E-state index in [-0.39, 0.29) is 10.6 Å². The van der Waals surface area contributed by atoms with Crippen LogP contribution in [0, 0.1) is 0 Å². The molecule has 2 N–H and O–H groups in total. The molecule has 1 aromatic rings. The van der Waals surface area contributed by atoms with Gasteiger partial charge in [0.1, 0.15) is 0 Å². The second kappa shape index (κ2) is 4.99. The smallest absolute Gasteiger partial charge is 0.188 e. The van der Waals surface area contributed by atoms with Gasteiger partial charge in [0, 0.05) is 11.3 Å². The van der Waals surface area contributed by atoms with Crippen molar-refractivity contribution >= 4 is 19.6 Å². The Morgan fingerprint density at radius 3 is 2.43 bits per heavy atom. The zero-order chi connectivity index (χ0) is 16.1. The molecule has 1 aromatic carbocycles. The summed E-state index contributed by atoms with van der Waals surface area (Å²) in [5, 5.41) is 3.57. The van der Waals surface area contributed by atoms with Gasteiger partial charge in [-0.25, -0.2) is 0 Å². The summed E-state index contributed by atoms with van der Waals surface area (Å²) in [4.78, 5) is 10.5. The van der Waals surface area contributed by atoms with Gasteiger partial charge >= 0.3 is 0 Å². The van der Waals surface area contributed by atoms with Gasteiger partial charge in [0.25, 0.3) is 0 Å². The number of hydrogen-bond donors (Lipinski definition) is 2. The summed E-state index contributed by atoms with van der Waals surface area (Å²) < 4.78 is 0. The number of allylic oxidation sites excluding steroid dienone is 1. The van der Waals surface area contributed by atoms with E-state index in [1.807, 2.05) is 13.1 Å². The van der Waals surface area contributed by atoms with Crippen molar-refractivity contribution in [3.05, 3.63) is 35.4 Å². The van der Waals surface area contributed by atoms with E-state index >= 15 is 0 Å². The van der Waals surface area contributed by atoms with Gasteiger partial charge in [-0.15, -0.1) is 0 Å². The Bertz CT molecular complexity index is 579. The van der Waals surface area contributed by atoms with E-state index in [2.05, 4.69) is 64.2 Å². The molecule has 0 unspecified atom stereocenters. The maximum atomic E-state index is 10.5. The van der Waals surface area contributed by atoms with E-state index in [1.54, 1.807) is 0 Å². The first-order valence-electron chi connectivity index (χ1n) is 7.75. The van der Waals surface area contributed by atoms with Crippen molar-refractivity contribution in [1.29, 1.82) is 0 Å². The molecule has 0 radical (unpaired) electrons. The van der Waals surface area contributed by atoms with Gasteiger partial charge in [-0.05, 0) is 62.5 Å². The molecule has 1 aliphatic heterocycles. The summed E-state index contributed by atoms with van der Waals surface area (Å²) in [7, 11) is -2.18. The van der Waals surface area contributed by atoms with Crippen molar-refractivity contribution in [3.8, 4) is 0 Å². The zero-order valence-electron chi connectivity index (χ0n) is 14.5. The van der Waals surface area contributed by atoms with Gasteiger partial charge in [-0.2, -0.15) is 0 Å². The monoisotopic (exact) mass is 303 g/mol. The molecule has 0 atom stereocenters. The average molecular weight is 304 g/mol. The highest BCUT2D eigenvalue weighted by Crippen LogP contribution is 2.40.